The lowest BCUT2D eigenvalue weighted by molar-refractivity contribution is -0.139. The van der Waals surface area contributed by atoms with Crippen molar-refractivity contribution in [3.63, 3.8) is 0 Å². The maximum Gasteiger partial charge on any atom is 0.326 e. The average Bonchev–Trinajstić information content (AvgIpc) is 2.78. The first-order valence-corrected chi connectivity index (χ1v) is 7.11. The molecule has 0 aromatic carbocycles. The number of primary amides is 1. The molecule has 0 saturated heterocycles. The molecule has 0 bridgehead atoms. The van der Waals surface area contributed by atoms with E-state index in [4.69, 9.17) is 10.8 Å². The Kier molecular flexibility index (Phi) is 6.10. The summed E-state index contributed by atoms with van der Waals surface area (Å²) in [5, 5.41) is 14.1. The van der Waals surface area contributed by atoms with Gasteiger partial charge in [0.1, 0.15) is 6.04 Å². The predicted octanol–water partition coefficient (Wildman–Crippen LogP) is 0.312. The number of nitrogens with one attached hydrogen (secondary N) is 1. The second-order valence-corrected chi connectivity index (χ2v) is 5.62. The number of aromatic nitrogens is 1. The zero-order chi connectivity index (χ0) is 16.0. The Balaban J connectivity index is 2.55. The molecule has 8 nitrogen and oxygen atoms in total. The predicted molar refractivity (Wildman–Crippen MR) is 76.7 cm³/mol. The summed E-state index contributed by atoms with van der Waals surface area (Å²) in [5.41, 5.74) is 5.71. The number of carbonyl (C=O) groups excluding carboxylic acids is 2. The van der Waals surface area contributed by atoms with Crippen molar-refractivity contribution in [2.75, 3.05) is 7.05 Å². The molecule has 3 amide bonds. The number of carbonyl (C=O) groups is 3. The SMILES string of the molecule is Cc1nc(CN(C)C(=O)N[C@H](CCC(N)=O)C(=O)O)cs1. The number of aliphatic carboxylic acids is 1. The summed E-state index contributed by atoms with van der Waals surface area (Å²) in [5.74, 6) is -1.82. The number of hydrogen-bond donors (Lipinski definition) is 3. The lowest BCUT2D eigenvalue weighted by Crippen LogP contribution is -2.46. The fourth-order valence-corrected chi connectivity index (χ4v) is 2.20. The van der Waals surface area contributed by atoms with Gasteiger partial charge in [-0.05, 0) is 13.3 Å². The number of urea groups is 1. The van der Waals surface area contributed by atoms with Gasteiger partial charge in [-0.3, -0.25) is 4.79 Å². The van der Waals surface area contributed by atoms with Gasteiger partial charge < -0.3 is 21.1 Å². The Morgan fingerprint density at radius 1 is 1.52 bits per heavy atom. The summed E-state index contributed by atoms with van der Waals surface area (Å²) in [6.45, 7) is 2.14. The first-order chi connectivity index (χ1) is 9.79. The quantitative estimate of drug-likeness (QED) is 0.668. The van der Waals surface area contributed by atoms with E-state index in [2.05, 4.69) is 10.3 Å². The summed E-state index contributed by atoms with van der Waals surface area (Å²) in [7, 11) is 1.54. The maximum absolute atomic E-state index is 11.9. The van der Waals surface area contributed by atoms with E-state index in [1.54, 1.807) is 0 Å². The number of nitrogens with two attached hydrogens (primary N) is 1. The van der Waals surface area contributed by atoms with Crippen molar-refractivity contribution in [2.45, 2.75) is 32.4 Å². The van der Waals surface area contributed by atoms with Crippen LogP contribution in [0.5, 0.6) is 0 Å². The van der Waals surface area contributed by atoms with Crippen LogP contribution in [0.4, 0.5) is 4.79 Å². The van der Waals surface area contributed by atoms with Crippen LogP contribution in [0.2, 0.25) is 0 Å². The van der Waals surface area contributed by atoms with Gasteiger partial charge in [0.05, 0.1) is 17.2 Å². The van der Waals surface area contributed by atoms with Gasteiger partial charge in [-0.1, -0.05) is 0 Å². The van der Waals surface area contributed by atoms with Crippen LogP contribution in [0, 0.1) is 6.92 Å². The van der Waals surface area contributed by atoms with E-state index in [9.17, 15) is 14.4 Å². The normalized spacial score (nSPS) is 11.7. The van der Waals surface area contributed by atoms with Crippen LogP contribution < -0.4 is 11.1 Å². The Morgan fingerprint density at radius 3 is 2.67 bits per heavy atom. The molecule has 1 atom stereocenters. The number of aryl methyl sites for hydroxylation is 1. The summed E-state index contributed by atoms with van der Waals surface area (Å²) in [6, 6.07) is -1.69. The van der Waals surface area contributed by atoms with Gasteiger partial charge in [0, 0.05) is 18.8 Å². The van der Waals surface area contributed by atoms with Gasteiger partial charge in [-0.2, -0.15) is 0 Å². The fourth-order valence-electron chi connectivity index (χ4n) is 1.60. The van der Waals surface area contributed by atoms with E-state index in [1.807, 2.05) is 12.3 Å². The molecule has 1 aromatic rings. The van der Waals surface area contributed by atoms with Gasteiger partial charge in [0.25, 0.3) is 0 Å². The summed E-state index contributed by atoms with van der Waals surface area (Å²) < 4.78 is 0. The lowest BCUT2D eigenvalue weighted by atomic mass is 10.1. The van der Waals surface area contributed by atoms with Crippen LogP contribution >= 0.6 is 11.3 Å². The maximum atomic E-state index is 11.9. The van der Waals surface area contributed by atoms with Crippen molar-refractivity contribution >= 4 is 29.2 Å². The van der Waals surface area contributed by atoms with E-state index < -0.39 is 23.9 Å². The van der Waals surface area contributed by atoms with Crippen LogP contribution in [-0.4, -0.2) is 46.0 Å². The number of carboxylic acids is 1. The molecule has 1 rings (SSSR count). The number of rotatable bonds is 7. The average molecular weight is 314 g/mol. The Bertz CT molecular complexity index is 531. The molecule has 4 N–H and O–H groups in total. The molecule has 0 aliphatic carbocycles. The molecule has 0 radical (unpaired) electrons. The van der Waals surface area contributed by atoms with Crippen LogP contribution in [0.15, 0.2) is 5.38 Å². The van der Waals surface area contributed by atoms with Gasteiger partial charge >= 0.3 is 12.0 Å². The van der Waals surface area contributed by atoms with Crippen LogP contribution in [0.1, 0.15) is 23.5 Å². The monoisotopic (exact) mass is 314 g/mol. The van der Waals surface area contributed by atoms with Gasteiger partial charge in [0.15, 0.2) is 0 Å². The third-order valence-electron chi connectivity index (χ3n) is 2.69. The first kappa shape index (κ1) is 16.9. The van der Waals surface area contributed by atoms with E-state index >= 15 is 0 Å². The minimum absolute atomic E-state index is 0.0416. The molecule has 9 heteroatoms. The first-order valence-electron chi connectivity index (χ1n) is 6.23. The number of amides is 3. The highest BCUT2D eigenvalue weighted by molar-refractivity contribution is 7.09. The Labute approximate surface area is 126 Å². The van der Waals surface area contributed by atoms with Crippen molar-refractivity contribution in [3.05, 3.63) is 16.1 Å². The second kappa shape index (κ2) is 7.58. The van der Waals surface area contributed by atoms with E-state index in [0.717, 1.165) is 10.7 Å². The fraction of sp³-hybridized carbons (Fsp3) is 0.500. The third kappa shape index (κ3) is 5.78. The van der Waals surface area contributed by atoms with Crippen molar-refractivity contribution in [1.29, 1.82) is 0 Å². The van der Waals surface area contributed by atoms with Gasteiger partial charge in [-0.25, -0.2) is 14.6 Å². The molecular formula is C12H18N4O4S. The van der Waals surface area contributed by atoms with E-state index in [-0.39, 0.29) is 19.4 Å². The van der Waals surface area contributed by atoms with Crippen LogP contribution in [-0.2, 0) is 16.1 Å². The van der Waals surface area contributed by atoms with Crippen LogP contribution in [0.25, 0.3) is 0 Å². The zero-order valence-corrected chi connectivity index (χ0v) is 12.6. The highest BCUT2D eigenvalue weighted by atomic mass is 32.1. The van der Waals surface area contributed by atoms with Crippen molar-refractivity contribution < 1.29 is 19.5 Å². The van der Waals surface area contributed by atoms with Gasteiger partial charge in [-0.15, -0.1) is 11.3 Å². The largest absolute Gasteiger partial charge is 0.480 e. The molecule has 0 spiro atoms. The molecule has 0 aliphatic heterocycles. The second-order valence-electron chi connectivity index (χ2n) is 4.56. The van der Waals surface area contributed by atoms with Crippen LogP contribution in [0.3, 0.4) is 0 Å². The summed E-state index contributed by atoms with van der Waals surface area (Å²) in [6.07, 6.45) is -0.147. The standard InChI is InChI=1S/C12H18N4O4S/c1-7-14-8(6-21-7)5-16(2)12(20)15-9(11(18)19)3-4-10(13)17/h6,9H,3-5H2,1-2H3,(H2,13,17)(H,15,20)(H,18,19)/t9-/m1/s1. The number of nitrogens with zero attached hydrogens (tertiary/aromatic N) is 2. The van der Waals surface area contributed by atoms with Crippen molar-refractivity contribution in [3.8, 4) is 0 Å². The molecule has 1 heterocycles. The van der Waals surface area contributed by atoms with E-state index in [1.165, 1.54) is 23.3 Å². The Morgan fingerprint density at radius 2 is 2.19 bits per heavy atom. The minimum atomic E-state index is -1.21. The minimum Gasteiger partial charge on any atom is -0.480 e. The zero-order valence-electron chi connectivity index (χ0n) is 11.8. The Hall–Kier alpha value is -2.16. The number of thiazole rings is 1. The number of carboxylic acid groups (broad SMARTS) is 1. The molecule has 0 aliphatic rings. The molecule has 116 valence electrons. The molecule has 0 saturated carbocycles. The highest BCUT2D eigenvalue weighted by Crippen LogP contribution is 2.10. The molecule has 0 unspecified atom stereocenters. The van der Waals surface area contributed by atoms with E-state index in [0.29, 0.717) is 0 Å². The van der Waals surface area contributed by atoms with Crippen molar-refractivity contribution in [2.24, 2.45) is 5.73 Å². The lowest BCUT2D eigenvalue weighted by Gasteiger charge is -2.20. The smallest absolute Gasteiger partial charge is 0.326 e. The van der Waals surface area contributed by atoms with Gasteiger partial charge in [0.2, 0.25) is 5.91 Å². The number of hydrogen-bond acceptors (Lipinski definition) is 5. The topological polar surface area (TPSA) is 126 Å². The molecule has 0 fully saturated rings. The third-order valence-corrected chi connectivity index (χ3v) is 3.51. The summed E-state index contributed by atoms with van der Waals surface area (Å²) in [4.78, 5) is 39.2. The summed E-state index contributed by atoms with van der Waals surface area (Å²) >= 11 is 1.47. The molecule has 21 heavy (non-hydrogen) atoms. The highest BCUT2D eigenvalue weighted by Gasteiger charge is 2.22. The molecule has 1 aromatic heterocycles. The van der Waals surface area contributed by atoms with Crippen molar-refractivity contribution in [1.82, 2.24) is 15.2 Å². The molecular weight excluding hydrogens is 296 g/mol.